The first-order valence-electron chi connectivity index (χ1n) is 8.43. The summed E-state index contributed by atoms with van der Waals surface area (Å²) in [6, 6.07) is 9.78. The summed E-state index contributed by atoms with van der Waals surface area (Å²) in [5.41, 5.74) is 1.20. The molecule has 7 nitrogen and oxygen atoms in total. The smallest absolute Gasteiger partial charge is 0.251 e. The summed E-state index contributed by atoms with van der Waals surface area (Å²) >= 11 is 0. The van der Waals surface area contributed by atoms with Crippen LogP contribution in [0.4, 0.5) is 5.69 Å². The van der Waals surface area contributed by atoms with E-state index in [0.29, 0.717) is 18.8 Å². The normalized spacial score (nSPS) is 15.1. The number of sulfonamides is 1. The van der Waals surface area contributed by atoms with Gasteiger partial charge in [0.1, 0.15) is 6.54 Å². The highest BCUT2D eigenvalue weighted by Crippen LogP contribution is 2.19. The molecule has 0 atom stereocenters. The molecule has 1 aromatic carbocycles. The third-order valence-electron chi connectivity index (χ3n) is 4.27. The number of benzene rings is 1. The van der Waals surface area contributed by atoms with Gasteiger partial charge in [-0.2, -0.15) is 4.31 Å². The molecule has 3 rings (SSSR count). The predicted octanol–water partition coefficient (Wildman–Crippen LogP) is 1.58. The Balaban J connectivity index is 1.79. The lowest BCUT2D eigenvalue weighted by molar-refractivity contribution is -0.116. The molecule has 1 saturated heterocycles. The van der Waals surface area contributed by atoms with E-state index in [-0.39, 0.29) is 11.4 Å². The van der Waals surface area contributed by atoms with E-state index < -0.39 is 21.5 Å². The average Bonchev–Trinajstić information content (AvgIpc) is 3.12. The summed E-state index contributed by atoms with van der Waals surface area (Å²) in [5.74, 6) is -0.395. The fourth-order valence-corrected chi connectivity index (χ4v) is 4.48. The van der Waals surface area contributed by atoms with Crippen molar-refractivity contribution in [3.63, 3.8) is 0 Å². The number of aryl methyl sites for hydroxylation is 1. The van der Waals surface area contributed by atoms with Gasteiger partial charge in [-0.05, 0) is 43.5 Å². The van der Waals surface area contributed by atoms with Crippen LogP contribution >= 0.6 is 0 Å². The Hall–Kier alpha value is -2.45. The molecular weight excluding hydrogens is 354 g/mol. The van der Waals surface area contributed by atoms with Crippen molar-refractivity contribution in [2.24, 2.45) is 0 Å². The Kier molecular flexibility index (Phi) is 5.24. The highest BCUT2D eigenvalue weighted by Gasteiger charge is 2.27. The van der Waals surface area contributed by atoms with Gasteiger partial charge in [-0.25, -0.2) is 8.42 Å². The summed E-state index contributed by atoms with van der Waals surface area (Å²) in [6.07, 6.45) is 2.90. The van der Waals surface area contributed by atoms with Gasteiger partial charge in [0.15, 0.2) is 0 Å². The zero-order valence-electron chi connectivity index (χ0n) is 14.5. The number of carbonyl (C=O) groups is 1. The van der Waals surface area contributed by atoms with Crippen LogP contribution in [0.3, 0.4) is 0 Å². The van der Waals surface area contributed by atoms with Gasteiger partial charge in [0.2, 0.25) is 15.9 Å². The van der Waals surface area contributed by atoms with Crippen molar-refractivity contribution in [3.05, 3.63) is 58.5 Å². The number of amides is 1. The van der Waals surface area contributed by atoms with Crippen molar-refractivity contribution in [2.75, 3.05) is 18.4 Å². The van der Waals surface area contributed by atoms with E-state index in [0.717, 1.165) is 23.0 Å². The van der Waals surface area contributed by atoms with Crippen molar-refractivity contribution in [3.8, 4) is 0 Å². The summed E-state index contributed by atoms with van der Waals surface area (Å²) in [6.45, 7) is 2.62. The molecule has 0 radical (unpaired) electrons. The van der Waals surface area contributed by atoms with Crippen LogP contribution in [0, 0.1) is 6.92 Å². The first kappa shape index (κ1) is 18.3. The quantitative estimate of drug-likeness (QED) is 0.859. The lowest BCUT2D eigenvalue weighted by atomic mass is 10.2. The lowest BCUT2D eigenvalue weighted by Crippen LogP contribution is -2.31. The van der Waals surface area contributed by atoms with Crippen molar-refractivity contribution < 1.29 is 13.2 Å². The minimum atomic E-state index is -3.64. The van der Waals surface area contributed by atoms with Crippen LogP contribution in [-0.4, -0.2) is 36.3 Å². The second-order valence-corrected chi connectivity index (χ2v) is 8.30. The van der Waals surface area contributed by atoms with Crippen molar-refractivity contribution in [1.29, 1.82) is 0 Å². The molecule has 2 aromatic rings. The molecule has 26 heavy (non-hydrogen) atoms. The van der Waals surface area contributed by atoms with E-state index in [1.807, 2.05) is 25.1 Å². The van der Waals surface area contributed by atoms with Crippen molar-refractivity contribution in [2.45, 2.75) is 31.2 Å². The van der Waals surface area contributed by atoms with Crippen LogP contribution in [0.25, 0.3) is 0 Å². The van der Waals surface area contributed by atoms with E-state index in [1.165, 1.54) is 22.6 Å². The molecule has 0 spiro atoms. The van der Waals surface area contributed by atoms with Gasteiger partial charge < -0.3 is 9.88 Å². The topological polar surface area (TPSA) is 88.5 Å². The Labute approximate surface area is 152 Å². The number of hydrogen-bond acceptors (Lipinski definition) is 4. The first-order chi connectivity index (χ1) is 12.4. The van der Waals surface area contributed by atoms with Crippen LogP contribution in [0.15, 0.2) is 52.3 Å². The molecule has 138 valence electrons. The number of anilines is 1. The number of nitrogens with zero attached hydrogens (tertiary/aromatic N) is 2. The van der Waals surface area contributed by atoms with Gasteiger partial charge in [0.05, 0.1) is 4.90 Å². The van der Waals surface area contributed by atoms with E-state index in [2.05, 4.69) is 5.32 Å². The summed E-state index contributed by atoms with van der Waals surface area (Å²) in [7, 11) is -3.64. The van der Waals surface area contributed by atoms with Gasteiger partial charge in [0, 0.05) is 31.0 Å². The lowest BCUT2D eigenvalue weighted by Gasteiger charge is -2.16. The van der Waals surface area contributed by atoms with E-state index in [4.69, 9.17) is 0 Å². The number of nitrogens with one attached hydrogen (secondary N) is 1. The molecule has 0 unspecified atom stereocenters. The van der Waals surface area contributed by atoms with Crippen LogP contribution < -0.4 is 10.9 Å². The minimum Gasteiger partial charge on any atom is -0.325 e. The predicted molar refractivity (Wildman–Crippen MR) is 98.5 cm³/mol. The molecule has 1 aliphatic rings. The molecule has 1 aliphatic heterocycles. The molecule has 1 N–H and O–H groups in total. The Bertz CT molecular complexity index is 976. The van der Waals surface area contributed by atoms with Gasteiger partial charge in [0.25, 0.3) is 5.56 Å². The van der Waals surface area contributed by atoms with Crippen LogP contribution in [0.2, 0.25) is 0 Å². The minimum absolute atomic E-state index is 0.0300. The molecule has 1 aromatic heterocycles. The third kappa shape index (κ3) is 4.03. The Morgan fingerprint density at radius 2 is 1.88 bits per heavy atom. The fourth-order valence-electron chi connectivity index (χ4n) is 2.94. The van der Waals surface area contributed by atoms with Gasteiger partial charge in [-0.15, -0.1) is 0 Å². The fraction of sp³-hybridized carbons (Fsp3) is 0.333. The summed E-state index contributed by atoms with van der Waals surface area (Å²) in [5, 5.41) is 2.71. The number of rotatable bonds is 5. The van der Waals surface area contributed by atoms with Crippen LogP contribution in [0.5, 0.6) is 0 Å². The Morgan fingerprint density at radius 3 is 2.58 bits per heavy atom. The Morgan fingerprint density at radius 1 is 1.15 bits per heavy atom. The number of hydrogen-bond donors (Lipinski definition) is 1. The zero-order valence-corrected chi connectivity index (χ0v) is 15.3. The van der Waals surface area contributed by atoms with Crippen LogP contribution in [-0.2, 0) is 21.4 Å². The standard InChI is InChI=1S/C18H21N3O4S/c1-14-5-4-6-15(11-14)19-17(22)13-20-12-16(7-8-18(20)23)26(24,25)21-9-2-3-10-21/h4-8,11-12H,2-3,9-10,13H2,1H3,(H,19,22). The third-order valence-corrected chi connectivity index (χ3v) is 6.16. The average molecular weight is 375 g/mol. The van der Waals surface area contributed by atoms with E-state index in [9.17, 15) is 18.0 Å². The molecule has 1 fully saturated rings. The summed E-state index contributed by atoms with van der Waals surface area (Å²) < 4.78 is 27.8. The molecule has 8 heteroatoms. The summed E-state index contributed by atoms with van der Waals surface area (Å²) in [4.78, 5) is 24.3. The van der Waals surface area contributed by atoms with E-state index in [1.54, 1.807) is 6.07 Å². The molecule has 0 aliphatic carbocycles. The first-order valence-corrected chi connectivity index (χ1v) is 9.87. The molecular formula is C18H21N3O4S. The van der Waals surface area contributed by atoms with Crippen LogP contribution in [0.1, 0.15) is 18.4 Å². The number of carbonyl (C=O) groups excluding carboxylic acids is 1. The SMILES string of the molecule is Cc1cccc(NC(=O)Cn2cc(S(=O)(=O)N3CCCC3)ccc2=O)c1. The second kappa shape index (κ2) is 7.43. The maximum Gasteiger partial charge on any atom is 0.251 e. The largest absolute Gasteiger partial charge is 0.325 e. The van der Waals surface area contributed by atoms with Gasteiger partial charge >= 0.3 is 0 Å². The molecule has 0 saturated carbocycles. The maximum absolute atomic E-state index is 12.6. The molecule has 2 heterocycles. The second-order valence-electron chi connectivity index (χ2n) is 6.36. The monoisotopic (exact) mass is 375 g/mol. The molecule has 1 amide bonds. The van der Waals surface area contributed by atoms with Crippen molar-refractivity contribution in [1.82, 2.24) is 8.87 Å². The van der Waals surface area contributed by atoms with Gasteiger partial charge in [-0.1, -0.05) is 12.1 Å². The van der Waals surface area contributed by atoms with E-state index >= 15 is 0 Å². The van der Waals surface area contributed by atoms with Gasteiger partial charge in [-0.3, -0.25) is 9.59 Å². The zero-order chi connectivity index (χ0) is 18.7. The maximum atomic E-state index is 12.6. The number of pyridine rings is 1. The molecule has 0 bridgehead atoms. The highest BCUT2D eigenvalue weighted by atomic mass is 32.2. The van der Waals surface area contributed by atoms with Crippen molar-refractivity contribution >= 4 is 21.6 Å². The number of aromatic nitrogens is 1. The highest BCUT2D eigenvalue weighted by molar-refractivity contribution is 7.89.